The molecule has 0 amide bonds. The van der Waals surface area contributed by atoms with E-state index in [1.807, 2.05) is 0 Å². The third kappa shape index (κ3) is 10.4. The van der Waals surface area contributed by atoms with Gasteiger partial charge in [0.05, 0.1) is 32.8 Å². The minimum absolute atomic E-state index is 0.162. The molecule has 0 aliphatic heterocycles. The van der Waals surface area contributed by atoms with Crippen molar-refractivity contribution in [2.75, 3.05) is 32.8 Å². The predicted octanol–water partition coefficient (Wildman–Crippen LogP) is 5.84. The number of hydrogen-bond acceptors (Lipinski definition) is 2. The van der Waals surface area contributed by atoms with Gasteiger partial charge in [-0.15, -0.1) is 0 Å². The van der Waals surface area contributed by atoms with Crippen LogP contribution in [0.25, 0.3) is 0 Å². The summed E-state index contributed by atoms with van der Waals surface area (Å²) in [5, 5.41) is 0. The fourth-order valence-electron chi connectivity index (χ4n) is 4.49. The van der Waals surface area contributed by atoms with Gasteiger partial charge in [0, 0.05) is 18.4 Å². The molecular formula is C23H46NO2+. The molecule has 1 atom stereocenters. The lowest BCUT2D eigenvalue weighted by atomic mass is 9.72. The molecule has 1 unspecified atom stereocenters. The van der Waals surface area contributed by atoms with E-state index in [1.165, 1.54) is 49.6 Å². The maximum Gasteiger partial charge on any atom is 0.330 e. The molecule has 3 nitrogen and oxygen atoms in total. The Morgan fingerprint density at radius 2 is 1.65 bits per heavy atom. The molecule has 0 heterocycles. The van der Waals surface area contributed by atoms with E-state index in [2.05, 4.69) is 62.0 Å². The molecule has 0 aliphatic carbocycles. The molecule has 0 saturated carbocycles. The lowest BCUT2D eigenvalue weighted by Gasteiger charge is -2.42. The number of ether oxygens (including phenoxy) is 1. The Labute approximate surface area is 163 Å². The van der Waals surface area contributed by atoms with Crippen LogP contribution in [0.2, 0.25) is 0 Å². The van der Waals surface area contributed by atoms with Gasteiger partial charge < -0.3 is 9.22 Å². The van der Waals surface area contributed by atoms with Crippen LogP contribution in [-0.4, -0.2) is 43.2 Å². The van der Waals surface area contributed by atoms with E-state index in [9.17, 15) is 4.79 Å². The first-order chi connectivity index (χ1) is 11.9. The summed E-state index contributed by atoms with van der Waals surface area (Å²) < 4.78 is 6.43. The predicted molar refractivity (Wildman–Crippen MR) is 113 cm³/mol. The number of rotatable bonds is 14. The maximum absolute atomic E-state index is 11.2. The molecule has 0 radical (unpaired) electrons. The second-order valence-electron chi connectivity index (χ2n) is 10.1. The molecule has 0 rings (SSSR count). The standard InChI is InChI=1S/C23H46NO2/c1-10-15-24(12-3,18-20(4)5)16-13-22(6,7)19-23(8,9)14-17-26-21(25)11-2/h11,20H,2,10,12-19H2,1,3-9H3/q+1. The first-order valence-electron chi connectivity index (χ1n) is 10.6. The highest BCUT2D eigenvalue weighted by molar-refractivity contribution is 5.81. The molecular weight excluding hydrogens is 322 g/mol. The number of hydrogen-bond donors (Lipinski definition) is 0. The summed E-state index contributed by atoms with van der Waals surface area (Å²) >= 11 is 0. The molecule has 3 heteroatoms. The third-order valence-electron chi connectivity index (χ3n) is 5.53. The van der Waals surface area contributed by atoms with Gasteiger partial charge in [-0.05, 0) is 37.0 Å². The van der Waals surface area contributed by atoms with Crippen LogP contribution in [0.15, 0.2) is 12.7 Å². The zero-order valence-electron chi connectivity index (χ0n) is 19.0. The normalized spacial score (nSPS) is 15.0. The molecule has 0 N–H and O–H groups in total. The molecule has 26 heavy (non-hydrogen) atoms. The van der Waals surface area contributed by atoms with E-state index in [0.717, 1.165) is 18.8 Å². The van der Waals surface area contributed by atoms with Gasteiger partial charge in [-0.25, -0.2) is 4.79 Å². The number of carbonyl (C=O) groups is 1. The van der Waals surface area contributed by atoms with Crippen molar-refractivity contribution in [3.8, 4) is 0 Å². The van der Waals surface area contributed by atoms with Crippen molar-refractivity contribution < 1.29 is 14.0 Å². The van der Waals surface area contributed by atoms with E-state index < -0.39 is 0 Å². The van der Waals surface area contributed by atoms with Crippen molar-refractivity contribution in [1.82, 2.24) is 0 Å². The van der Waals surface area contributed by atoms with Crippen LogP contribution in [0.1, 0.15) is 81.1 Å². The summed E-state index contributed by atoms with van der Waals surface area (Å²) in [7, 11) is 0. The second-order valence-corrected chi connectivity index (χ2v) is 10.1. The van der Waals surface area contributed by atoms with E-state index in [0.29, 0.717) is 6.61 Å². The molecule has 0 aromatic rings. The largest absolute Gasteiger partial charge is 0.463 e. The van der Waals surface area contributed by atoms with Crippen LogP contribution in [0.5, 0.6) is 0 Å². The SMILES string of the molecule is C=CC(=O)OCCC(C)(C)CC(C)(C)CC[N+](CC)(CCC)CC(C)C. The van der Waals surface area contributed by atoms with Gasteiger partial charge in [-0.3, -0.25) is 0 Å². The van der Waals surface area contributed by atoms with Gasteiger partial charge in [0.1, 0.15) is 0 Å². The van der Waals surface area contributed by atoms with Gasteiger partial charge in [0.25, 0.3) is 0 Å². The monoisotopic (exact) mass is 368 g/mol. The summed E-state index contributed by atoms with van der Waals surface area (Å²) in [6.45, 7) is 27.7. The smallest absolute Gasteiger partial charge is 0.330 e. The van der Waals surface area contributed by atoms with Crippen molar-refractivity contribution in [2.24, 2.45) is 16.7 Å². The van der Waals surface area contributed by atoms with Gasteiger partial charge >= 0.3 is 5.97 Å². The topological polar surface area (TPSA) is 26.3 Å². The zero-order chi connectivity index (χ0) is 20.4. The Kier molecular flexibility index (Phi) is 10.8. The maximum atomic E-state index is 11.2. The molecule has 0 aliphatic rings. The van der Waals surface area contributed by atoms with Crippen molar-refractivity contribution in [1.29, 1.82) is 0 Å². The highest BCUT2D eigenvalue weighted by Gasteiger charge is 2.33. The number of esters is 1. The Hall–Kier alpha value is -0.830. The number of carbonyl (C=O) groups excluding carboxylic acids is 1. The lowest BCUT2D eigenvalue weighted by Crippen LogP contribution is -2.52. The van der Waals surface area contributed by atoms with Gasteiger partial charge in [-0.2, -0.15) is 0 Å². The van der Waals surface area contributed by atoms with Crippen LogP contribution in [-0.2, 0) is 9.53 Å². The summed E-state index contributed by atoms with van der Waals surface area (Å²) in [4.78, 5) is 11.2. The zero-order valence-corrected chi connectivity index (χ0v) is 19.0. The summed E-state index contributed by atoms with van der Waals surface area (Å²) in [5.41, 5.74) is 0.449. The molecule has 0 aromatic heterocycles. The van der Waals surface area contributed by atoms with Crippen molar-refractivity contribution in [2.45, 2.75) is 81.1 Å². The summed E-state index contributed by atoms with van der Waals surface area (Å²) in [5.74, 6) is 0.416. The van der Waals surface area contributed by atoms with Crippen LogP contribution < -0.4 is 0 Å². The highest BCUT2D eigenvalue weighted by Crippen LogP contribution is 2.39. The van der Waals surface area contributed by atoms with E-state index in [1.54, 1.807) is 0 Å². The summed E-state index contributed by atoms with van der Waals surface area (Å²) in [6, 6.07) is 0. The Balaban J connectivity index is 4.77. The van der Waals surface area contributed by atoms with Crippen molar-refractivity contribution in [3.05, 3.63) is 12.7 Å². The number of quaternary nitrogens is 1. The fraction of sp³-hybridized carbons (Fsp3) is 0.870. The van der Waals surface area contributed by atoms with Crippen LogP contribution in [0.3, 0.4) is 0 Å². The molecule has 0 bridgehead atoms. The van der Waals surface area contributed by atoms with Gasteiger partial charge in [0.15, 0.2) is 0 Å². The fourth-order valence-corrected chi connectivity index (χ4v) is 4.49. The number of nitrogens with zero attached hydrogens (tertiary/aromatic N) is 1. The second kappa shape index (κ2) is 11.1. The molecule has 0 aromatic carbocycles. The Morgan fingerprint density at radius 1 is 1.08 bits per heavy atom. The van der Waals surface area contributed by atoms with Gasteiger partial charge in [0.2, 0.25) is 0 Å². The Morgan fingerprint density at radius 3 is 2.12 bits per heavy atom. The minimum Gasteiger partial charge on any atom is -0.463 e. The lowest BCUT2D eigenvalue weighted by molar-refractivity contribution is -0.930. The average molecular weight is 369 g/mol. The quantitative estimate of drug-likeness (QED) is 0.219. The van der Waals surface area contributed by atoms with E-state index in [4.69, 9.17) is 4.74 Å². The molecule has 0 spiro atoms. The Bertz CT molecular complexity index is 426. The summed E-state index contributed by atoms with van der Waals surface area (Å²) in [6.07, 6.45) is 5.76. The van der Waals surface area contributed by atoms with Crippen molar-refractivity contribution >= 4 is 5.97 Å². The van der Waals surface area contributed by atoms with Crippen LogP contribution >= 0.6 is 0 Å². The van der Waals surface area contributed by atoms with Gasteiger partial charge in [-0.1, -0.05) is 55.0 Å². The van der Waals surface area contributed by atoms with E-state index in [-0.39, 0.29) is 16.8 Å². The van der Waals surface area contributed by atoms with E-state index >= 15 is 0 Å². The first-order valence-corrected chi connectivity index (χ1v) is 10.6. The van der Waals surface area contributed by atoms with Crippen LogP contribution in [0, 0.1) is 16.7 Å². The van der Waals surface area contributed by atoms with Crippen molar-refractivity contribution in [3.63, 3.8) is 0 Å². The average Bonchev–Trinajstić information content (AvgIpc) is 2.51. The first kappa shape index (κ1) is 25.2. The third-order valence-corrected chi connectivity index (χ3v) is 5.53. The van der Waals surface area contributed by atoms with Crippen LogP contribution in [0.4, 0.5) is 0 Å². The molecule has 0 fully saturated rings. The minimum atomic E-state index is -0.321. The molecule has 0 saturated heterocycles. The highest BCUT2D eigenvalue weighted by atomic mass is 16.5. The molecule has 154 valence electrons.